The molecule has 0 bridgehead atoms. The maximum absolute atomic E-state index is 12.1. The number of nitrogens with one attached hydrogen (secondary N) is 1. The topological polar surface area (TPSA) is 38.3 Å². The lowest BCUT2D eigenvalue weighted by Crippen LogP contribution is -2.43. The van der Waals surface area contributed by atoms with E-state index in [0.717, 1.165) is 37.1 Å². The third-order valence-electron chi connectivity index (χ3n) is 4.06. The molecule has 2 aliphatic heterocycles. The van der Waals surface area contributed by atoms with E-state index in [4.69, 9.17) is 4.74 Å². The molecule has 0 radical (unpaired) electrons. The van der Waals surface area contributed by atoms with Crippen LogP contribution in [0.5, 0.6) is 0 Å². The molecule has 0 aromatic heterocycles. The van der Waals surface area contributed by atoms with Crippen LogP contribution < -0.4 is 5.32 Å². The predicted molar refractivity (Wildman–Crippen MR) is 70.0 cm³/mol. The third-order valence-corrected chi connectivity index (χ3v) is 4.06. The van der Waals surface area contributed by atoms with E-state index in [-0.39, 0.29) is 17.0 Å². The van der Waals surface area contributed by atoms with Gasteiger partial charge in [0.2, 0.25) is 0 Å². The zero-order valence-corrected chi connectivity index (χ0v) is 11.0. The SMILES string of the molecule is CC1(C)C=CC2=C(C=C1)C1(CCNCC1)OC2=O. The van der Waals surface area contributed by atoms with Crippen molar-refractivity contribution in [3.05, 3.63) is 35.5 Å². The van der Waals surface area contributed by atoms with Crippen LogP contribution in [-0.4, -0.2) is 24.7 Å². The Bertz CT molecular complexity index is 477. The monoisotopic (exact) mass is 245 g/mol. The number of piperidine rings is 1. The molecule has 1 saturated heterocycles. The van der Waals surface area contributed by atoms with Crippen molar-refractivity contribution in [3.8, 4) is 0 Å². The molecule has 3 rings (SSSR count). The number of esters is 1. The fraction of sp³-hybridized carbons (Fsp3) is 0.533. The lowest BCUT2D eigenvalue weighted by atomic mass is 9.83. The summed E-state index contributed by atoms with van der Waals surface area (Å²) < 4.78 is 5.71. The first kappa shape index (κ1) is 11.7. The molecule has 3 nitrogen and oxygen atoms in total. The molecule has 1 aliphatic carbocycles. The average molecular weight is 245 g/mol. The summed E-state index contributed by atoms with van der Waals surface area (Å²) in [5, 5.41) is 3.32. The molecule has 0 unspecified atom stereocenters. The Hall–Kier alpha value is -1.35. The Kier molecular flexibility index (Phi) is 2.49. The summed E-state index contributed by atoms with van der Waals surface area (Å²) in [5.74, 6) is -0.162. The number of fused-ring (bicyclic) bond motifs is 1. The van der Waals surface area contributed by atoms with Crippen LogP contribution in [0.2, 0.25) is 0 Å². The van der Waals surface area contributed by atoms with Crippen LogP contribution in [0.3, 0.4) is 0 Å². The first-order valence-corrected chi connectivity index (χ1v) is 6.60. The molecule has 0 aromatic rings. The van der Waals surface area contributed by atoms with E-state index >= 15 is 0 Å². The Morgan fingerprint density at radius 1 is 1.17 bits per heavy atom. The van der Waals surface area contributed by atoms with E-state index in [9.17, 15) is 4.79 Å². The van der Waals surface area contributed by atoms with Crippen LogP contribution in [0.25, 0.3) is 0 Å². The molecule has 18 heavy (non-hydrogen) atoms. The molecular formula is C15H19NO2. The largest absolute Gasteiger partial charge is 0.450 e. The highest BCUT2D eigenvalue weighted by molar-refractivity contribution is 5.97. The second kappa shape index (κ2) is 3.82. The van der Waals surface area contributed by atoms with Gasteiger partial charge >= 0.3 is 5.97 Å². The van der Waals surface area contributed by atoms with Gasteiger partial charge in [-0.25, -0.2) is 4.79 Å². The lowest BCUT2D eigenvalue weighted by Gasteiger charge is -2.34. The highest BCUT2D eigenvalue weighted by Crippen LogP contribution is 2.42. The molecule has 96 valence electrons. The van der Waals surface area contributed by atoms with E-state index in [1.165, 1.54) is 0 Å². The molecule has 1 N–H and O–H groups in total. The van der Waals surface area contributed by atoms with Crippen molar-refractivity contribution in [2.45, 2.75) is 32.3 Å². The van der Waals surface area contributed by atoms with Gasteiger partial charge in [-0.1, -0.05) is 38.2 Å². The molecule has 1 spiro atoms. The molecule has 0 amide bonds. The van der Waals surface area contributed by atoms with E-state index in [1.54, 1.807) is 0 Å². The van der Waals surface area contributed by atoms with Crippen LogP contribution >= 0.6 is 0 Å². The minimum absolute atomic E-state index is 0.00126. The molecule has 2 heterocycles. The number of hydrogen-bond acceptors (Lipinski definition) is 3. The van der Waals surface area contributed by atoms with Crippen LogP contribution in [-0.2, 0) is 9.53 Å². The minimum atomic E-state index is -0.376. The van der Waals surface area contributed by atoms with Crippen molar-refractivity contribution in [2.75, 3.05) is 13.1 Å². The second-order valence-electron chi connectivity index (χ2n) is 5.95. The van der Waals surface area contributed by atoms with Gasteiger partial charge in [0.15, 0.2) is 0 Å². The highest BCUT2D eigenvalue weighted by atomic mass is 16.6. The summed E-state index contributed by atoms with van der Waals surface area (Å²) in [7, 11) is 0. The van der Waals surface area contributed by atoms with Crippen LogP contribution in [0, 0.1) is 5.41 Å². The number of carbonyl (C=O) groups is 1. The second-order valence-corrected chi connectivity index (χ2v) is 5.95. The van der Waals surface area contributed by atoms with Gasteiger partial charge in [0.1, 0.15) is 5.60 Å². The summed E-state index contributed by atoms with van der Waals surface area (Å²) >= 11 is 0. The summed E-state index contributed by atoms with van der Waals surface area (Å²) in [6.07, 6.45) is 10.0. The number of hydrogen-bond donors (Lipinski definition) is 1. The maximum Gasteiger partial charge on any atom is 0.339 e. The zero-order chi connectivity index (χ0) is 12.8. The molecular weight excluding hydrogens is 226 g/mol. The van der Waals surface area contributed by atoms with Crippen molar-refractivity contribution in [1.29, 1.82) is 0 Å². The summed E-state index contributed by atoms with van der Waals surface area (Å²) in [6.45, 7) is 6.10. The van der Waals surface area contributed by atoms with Gasteiger partial charge in [-0.05, 0) is 13.1 Å². The Labute approximate surface area is 108 Å². The van der Waals surface area contributed by atoms with Gasteiger partial charge in [-0.2, -0.15) is 0 Å². The summed E-state index contributed by atoms with van der Waals surface area (Å²) in [5.41, 5.74) is 1.45. The van der Waals surface area contributed by atoms with Crippen molar-refractivity contribution in [1.82, 2.24) is 5.32 Å². The van der Waals surface area contributed by atoms with Crippen LogP contribution in [0.1, 0.15) is 26.7 Å². The molecule has 3 heteroatoms. The summed E-state index contributed by atoms with van der Waals surface area (Å²) in [4.78, 5) is 12.1. The number of ether oxygens (including phenoxy) is 1. The fourth-order valence-corrected chi connectivity index (χ4v) is 2.90. The zero-order valence-electron chi connectivity index (χ0n) is 11.0. The van der Waals surface area contributed by atoms with E-state index < -0.39 is 0 Å². The van der Waals surface area contributed by atoms with Gasteiger partial charge in [-0.3, -0.25) is 0 Å². The van der Waals surface area contributed by atoms with E-state index in [2.05, 4.69) is 37.4 Å². The normalized spacial score (nSPS) is 28.2. The Morgan fingerprint density at radius 2 is 1.83 bits per heavy atom. The van der Waals surface area contributed by atoms with Crippen molar-refractivity contribution in [2.24, 2.45) is 5.41 Å². The van der Waals surface area contributed by atoms with Crippen LogP contribution in [0.4, 0.5) is 0 Å². The lowest BCUT2D eigenvalue weighted by molar-refractivity contribution is -0.148. The van der Waals surface area contributed by atoms with Crippen molar-refractivity contribution < 1.29 is 9.53 Å². The van der Waals surface area contributed by atoms with Crippen molar-refractivity contribution in [3.63, 3.8) is 0 Å². The minimum Gasteiger partial charge on any atom is -0.450 e. The van der Waals surface area contributed by atoms with Gasteiger partial charge < -0.3 is 10.1 Å². The first-order valence-electron chi connectivity index (χ1n) is 6.60. The molecule has 0 aromatic carbocycles. The maximum atomic E-state index is 12.1. The quantitative estimate of drug-likeness (QED) is 0.664. The Morgan fingerprint density at radius 3 is 2.56 bits per heavy atom. The van der Waals surface area contributed by atoms with E-state index in [0.29, 0.717) is 0 Å². The molecule has 1 fully saturated rings. The fourth-order valence-electron chi connectivity index (χ4n) is 2.90. The number of carbonyl (C=O) groups excluding carboxylic acids is 1. The number of rotatable bonds is 0. The Balaban J connectivity index is 2.05. The number of allylic oxidation sites excluding steroid dienone is 2. The van der Waals surface area contributed by atoms with E-state index in [1.807, 2.05) is 6.08 Å². The molecule has 0 atom stereocenters. The first-order chi connectivity index (χ1) is 8.53. The third kappa shape index (κ3) is 1.74. The van der Waals surface area contributed by atoms with Gasteiger partial charge in [0.05, 0.1) is 5.57 Å². The van der Waals surface area contributed by atoms with Gasteiger partial charge in [0.25, 0.3) is 0 Å². The van der Waals surface area contributed by atoms with Crippen molar-refractivity contribution >= 4 is 5.97 Å². The summed E-state index contributed by atoms with van der Waals surface area (Å²) in [6, 6.07) is 0. The average Bonchev–Trinajstić information content (AvgIpc) is 2.46. The highest BCUT2D eigenvalue weighted by Gasteiger charge is 2.46. The van der Waals surface area contributed by atoms with Crippen LogP contribution in [0.15, 0.2) is 35.5 Å². The standard InChI is InChI=1S/C15H19NO2/c1-14(2)5-3-11-12(4-6-14)15(18-13(11)17)7-9-16-10-8-15/h3-6,16H,7-10H2,1-2H3. The smallest absolute Gasteiger partial charge is 0.339 e. The predicted octanol–water partition coefficient (Wildman–Crippen LogP) is 2.11. The molecule has 0 saturated carbocycles. The molecule has 3 aliphatic rings. The van der Waals surface area contributed by atoms with Gasteiger partial charge in [0, 0.05) is 23.8 Å². The van der Waals surface area contributed by atoms with Gasteiger partial charge in [-0.15, -0.1) is 0 Å².